The lowest BCUT2D eigenvalue weighted by molar-refractivity contribution is -0.115. The molecule has 1 amide bonds. The highest BCUT2D eigenvalue weighted by atomic mass is 16.1. The molecule has 0 unspecified atom stereocenters. The Morgan fingerprint density at radius 2 is 2.20 bits per heavy atom. The van der Waals surface area contributed by atoms with E-state index in [2.05, 4.69) is 5.32 Å². The molecular weight excluding hydrogens is 190 g/mol. The second-order valence-corrected chi connectivity index (χ2v) is 3.78. The number of hydrogen-bond donors (Lipinski definition) is 1. The lowest BCUT2D eigenvalue weighted by atomic mass is 9.93. The van der Waals surface area contributed by atoms with E-state index in [-0.39, 0.29) is 5.78 Å². The van der Waals surface area contributed by atoms with Crippen LogP contribution in [-0.2, 0) is 9.59 Å². The Kier molecular flexibility index (Phi) is 4.28. The minimum atomic E-state index is 0.137. The van der Waals surface area contributed by atoms with Gasteiger partial charge in [0, 0.05) is 17.7 Å². The number of Topliss-reactive ketones (excluding diaryl/α,β-unsaturated/α-hetero) is 1. The molecule has 0 aromatic rings. The normalized spacial score (nSPS) is 18.0. The quantitative estimate of drug-likeness (QED) is 0.717. The molecule has 0 fully saturated rings. The van der Waals surface area contributed by atoms with Crippen LogP contribution < -0.4 is 5.32 Å². The number of allylic oxidation sites excluding steroid dienone is 4. The van der Waals surface area contributed by atoms with Gasteiger partial charge in [0.2, 0.25) is 6.41 Å². The molecule has 1 rings (SSSR count). The molecule has 0 spiro atoms. The molecule has 0 aliphatic heterocycles. The van der Waals surface area contributed by atoms with Crippen molar-refractivity contribution in [3.63, 3.8) is 0 Å². The van der Waals surface area contributed by atoms with Crippen molar-refractivity contribution in [1.82, 2.24) is 5.32 Å². The van der Waals surface area contributed by atoms with E-state index in [1.54, 1.807) is 0 Å². The molecule has 82 valence electrons. The maximum atomic E-state index is 11.7. The summed E-state index contributed by atoms with van der Waals surface area (Å²) in [6, 6.07) is 0. The van der Waals surface area contributed by atoms with Crippen LogP contribution in [0.1, 0.15) is 39.5 Å². The molecule has 1 aliphatic rings. The summed E-state index contributed by atoms with van der Waals surface area (Å²) >= 11 is 0. The molecule has 1 N–H and O–H groups in total. The van der Waals surface area contributed by atoms with Gasteiger partial charge in [0.25, 0.3) is 0 Å². The van der Waals surface area contributed by atoms with Crippen molar-refractivity contribution >= 4 is 12.2 Å². The summed E-state index contributed by atoms with van der Waals surface area (Å²) in [6.07, 6.45) is 5.67. The first-order chi connectivity index (χ1) is 7.19. The smallest absolute Gasteiger partial charge is 0.211 e. The van der Waals surface area contributed by atoms with Crippen molar-refractivity contribution in [3.8, 4) is 0 Å². The fourth-order valence-corrected chi connectivity index (χ4v) is 1.60. The molecule has 0 bridgehead atoms. The molecule has 15 heavy (non-hydrogen) atoms. The zero-order chi connectivity index (χ0) is 11.3. The minimum absolute atomic E-state index is 0.137. The second kappa shape index (κ2) is 5.49. The molecule has 0 aromatic heterocycles. The highest BCUT2D eigenvalue weighted by Crippen LogP contribution is 2.22. The second-order valence-electron chi connectivity index (χ2n) is 3.78. The van der Waals surface area contributed by atoms with Gasteiger partial charge in [0.15, 0.2) is 5.78 Å². The number of carbonyl (C=O) groups is 2. The van der Waals surface area contributed by atoms with Gasteiger partial charge < -0.3 is 5.32 Å². The fourth-order valence-electron chi connectivity index (χ4n) is 1.60. The topological polar surface area (TPSA) is 46.2 Å². The maximum absolute atomic E-state index is 11.7. The number of rotatable bonds is 4. The van der Waals surface area contributed by atoms with Crippen LogP contribution in [0.3, 0.4) is 0 Å². The first-order valence-corrected chi connectivity index (χ1v) is 5.32. The Labute approximate surface area is 90.2 Å². The van der Waals surface area contributed by atoms with Crippen LogP contribution in [0.5, 0.6) is 0 Å². The Morgan fingerprint density at radius 3 is 2.80 bits per heavy atom. The third kappa shape index (κ3) is 3.05. The molecule has 3 nitrogen and oxygen atoms in total. The van der Waals surface area contributed by atoms with Gasteiger partial charge in [-0.3, -0.25) is 9.59 Å². The Bertz CT molecular complexity index is 327. The third-order valence-corrected chi connectivity index (χ3v) is 2.64. The first-order valence-electron chi connectivity index (χ1n) is 5.32. The lowest BCUT2D eigenvalue weighted by Crippen LogP contribution is -2.20. The van der Waals surface area contributed by atoms with E-state index in [1.165, 1.54) is 0 Å². The molecule has 0 saturated carbocycles. The predicted octanol–water partition coefficient (Wildman–Crippen LogP) is 2.10. The predicted molar refractivity (Wildman–Crippen MR) is 59.1 cm³/mol. The Morgan fingerprint density at radius 1 is 1.47 bits per heavy atom. The summed E-state index contributed by atoms with van der Waals surface area (Å²) in [6.45, 7) is 4.04. The summed E-state index contributed by atoms with van der Waals surface area (Å²) < 4.78 is 0. The number of carbonyl (C=O) groups excluding carboxylic acids is 2. The maximum Gasteiger partial charge on any atom is 0.211 e. The molecule has 3 heteroatoms. The molecule has 1 aliphatic carbocycles. The summed E-state index contributed by atoms with van der Waals surface area (Å²) in [5.74, 6) is 0.137. The summed E-state index contributed by atoms with van der Waals surface area (Å²) in [7, 11) is 0. The number of ketones is 1. The number of hydrogen-bond acceptors (Lipinski definition) is 2. The van der Waals surface area contributed by atoms with Gasteiger partial charge in [-0.2, -0.15) is 0 Å². The number of nitrogens with one attached hydrogen (secondary N) is 1. The lowest BCUT2D eigenvalue weighted by Gasteiger charge is -2.16. The van der Waals surface area contributed by atoms with Crippen molar-refractivity contribution in [3.05, 3.63) is 22.9 Å². The van der Waals surface area contributed by atoms with E-state index in [1.807, 2.05) is 19.9 Å². The van der Waals surface area contributed by atoms with Crippen molar-refractivity contribution in [2.24, 2.45) is 0 Å². The van der Waals surface area contributed by atoms with Gasteiger partial charge in [-0.15, -0.1) is 0 Å². The minimum Gasteiger partial charge on any atom is -0.332 e. The Hall–Kier alpha value is -1.38. The highest BCUT2D eigenvalue weighted by Gasteiger charge is 2.18. The van der Waals surface area contributed by atoms with Gasteiger partial charge in [0.1, 0.15) is 0 Å². The summed E-state index contributed by atoms with van der Waals surface area (Å²) in [5, 5.41) is 2.63. The zero-order valence-corrected chi connectivity index (χ0v) is 9.30. The van der Waals surface area contributed by atoms with E-state index in [4.69, 9.17) is 0 Å². The highest BCUT2D eigenvalue weighted by molar-refractivity contribution is 5.99. The van der Waals surface area contributed by atoms with Gasteiger partial charge in [-0.05, 0) is 26.2 Å². The molecule has 0 aromatic carbocycles. The van der Waals surface area contributed by atoms with Gasteiger partial charge in [-0.1, -0.05) is 18.6 Å². The van der Waals surface area contributed by atoms with Crippen molar-refractivity contribution in [1.29, 1.82) is 0 Å². The zero-order valence-electron chi connectivity index (χ0n) is 9.30. The SMILES string of the molecule is CC/C(C)=C/C1=C(NC=O)CCCC1=O. The van der Waals surface area contributed by atoms with Crippen LogP contribution in [0.15, 0.2) is 22.9 Å². The van der Waals surface area contributed by atoms with E-state index >= 15 is 0 Å². The standard InChI is InChI=1S/C12H17NO2/c1-3-9(2)7-10-11(13-8-14)5-4-6-12(10)15/h7-8H,3-6H2,1-2H3,(H,13,14)/b9-7+. The first kappa shape index (κ1) is 11.7. The summed E-state index contributed by atoms with van der Waals surface area (Å²) in [4.78, 5) is 22.1. The van der Waals surface area contributed by atoms with Crippen LogP contribution in [0, 0.1) is 0 Å². The van der Waals surface area contributed by atoms with Crippen LogP contribution in [0.4, 0.5) is 0 Å². The van der Waals surface area contributed by atoms with Crippen LogP contribution in [0.2, 0.25) is 0 Å². The molecule has 0 heterocycles. The van der Waals surface area contributed by atoms with E-state index in [0.29, 0.717) is 18.4 Å². The Balaban J connectivity index is 3.02. The fraction of sp³-hybridized carbons (Fsp3) is 0.500. The van der Waals surface area contributed by atoms with E-state index in [9.17, 15) is 9.59 Å². The van der Waals surface area contributed by atoms with Crippen molar-refractivity contribution in [2.75, 3.05) is 0 Å². The molecule has 0 saturated heterocycles. The van der Waals surface area contributed by atoms with Gasteiger partial charge in [0.05, 0.1) is 0 Å². The number of amides is 1. The van der Waals surface area contributed by atoms with Crippen molar-refractivity contribution < 1.29 is 9.59 Å². The van der Waals surface area contributed by atoms with E-state index < -0.39 is 0 Å². The van der Waals surface area contributed by atoms with Gasteiger partial charge in [-0.25, -0.2) is 0 Å². The van der Waals surface area contributed by atoms with Crippen LogP contribution >= 0.6 is 0 Å². The van der Waals surface area contributed by atoms with Gasteiger partial charge >= 0.3 is 0 Å². The molecule has 0 atom stereocenters. The van der Waals surface area contributed by atoms with Crippen molar-refractivity contribution in [2.45, 2.75) is 39.5 Å². The molecular formula is C12H17NO2. The van der Waals surface area contributed by atoms with Crippen LogP contribution in [-0.4, -0.2) is 12.2 Å². The molecule has 0 radical (unpaired) electrons. The average Bonchev–Trinajstić information content (AvgIpc) is 2.23. The third-order valence-electron chi connectivity index (χ3n) is 2.64. The van der Waals surface area contributed by atoms with Crippen LogP contribution in [0.25, 0.3) is 0 Å². The average molecular weight is 207 g/mol. The largest absolute Gasteiger partial charge is 0.332 e. The summed E-state index contributed by atoms with van der Waals surface area (Å²) in [5.41, 5.74) is 2.62. The monoisotopic (exact) mass is 207 g/mol. The van der Waals surface area contributed by atoms with E-state index in [0.717, 1.165) is 30.5 Å².